The lowest BCUT2D eigenvalue weighted by Gasteiger charge is -2.19. The Bertz CT molecular complexity index is 426. The Balaban J connectivity index is 2.00. The fourth-order valence-corrected chi connectivity index (χ4v) is 2.07. The fraction of sp³-hybridized carbons (Fsp3) is 0.583. The maximum absolute atomic E-state index is 5.54. The van der Waals surface area contributed by atoms with Gasteiger partial charge in [0.25, 0.3) is 0 Å². The highest BCUT2D eigenvalue weighted by Gasteiger charge is 2.45. The minimum absolute atomic E-state index is 0.306. The maximum atomic E-state index is 5.54. The van der Waals surface area contributed by atoms with Crippen LogP contribution in [0.15, 0.2) is 12.3 Å². The van der Waals surface area contributed by atoms with E-state index < -0.39 is 0 Å². The van der Waals surface area contributed by atoms with Gasteiger partial charge in [0, 0.05) is 12.7 Å². The summed E-state index contributed by atoms with van der Waals surface area (Å²) in [5.74, 6) is 1.30. The third-order valence-electron chi connectivity index (χ3n) is 3.62. The van der Waals surface area contributed by atoms with E-state index in [9.17, 15) is 0 Å². The Kier molecular flexibility index (Phi) is 3.28. The highest BCUT2D eigenvalue weighted by atomic mass is 32.1. The molecule has 92 valence electrons. The molecule has 1 saturated carbocycles. The van der Waals surface area contributed by atoms with E-state index in [1.54, 1.807) is 12.3 Å². The van der Waals surface area contributed by atoms with Crippen molar-refractivity contribution in [3.8, 4) is 0 Å². The van der Waals surface area contributed by atoms with Gasteiger partial charge in [-0.1, -0.05) is 26.1 Å². The highest BCUT2D eigenvalue weighted by molar-refractivity contribution is 7.80. The standard InChI is InChI=1S/C12H18N4S/c1-8(2)12(4-5-12)7-15-11-14-6-3-9(16-11)10(13)17/h3,6,8H,4-5,7H2,1-2H3,(H2,13,17)(H,14,15,16). The summed E-state index contributed by atoms with van der Waals surface area (Å²) in [5.41, 5.74) is 6.59. The van der Waals surface area contributed by atoms with Crippen molar-refractivity contribution in [2.45, 2.75) is 26.7 Å². The van der Waals surface area contributed by atoms with Gasteiger partial charge in [-0.05, 0) is 30.2 Å². The van der Waals surface area contributed by atoms with Gasteiger partial charge < -0.3 is 11.1 Å². The van der Waals surface area contributed by atoms with E-state index in [1.165, 1.54) is 12.8 Å². The van der Waals surface area contributed by atoms with Crippen molar-refractivity contribution in [3.05, 3.63) is 18.0 Å². The zero-order chi connectivity index (χ0) is 12.5. The second-order valence-electron chi connectivity index (χ2n) is 5.00. The van der Waals surface area contributed by atoms with Crippen molar-refractivity contribution in [1.82, 2.24) is 9.97 Å². The molecule has 1 aromatic rings. The Morgan fingerprint density at radius 1 is 1.59 bits per heavy atom. The predicted octanol–water partition coefficient (Wildman–Crippen LogP) is 1.96. The molecule has 5 heteroatoms. The molecule has 1 heterocycles. The van der Waals surface area contributed by atoms with Crippen LogP contribution in [-0.2, 0) is 0 Å². The largest absolute Gasteiger partial charge is 0.388 e. The van der Waals surface area contributed by atoms with Gasteiger partial charge in [-0.15, -0.1) is 0 Å². The number of aromatic nitrogens is 2. The van der Waals surface area contributed by atoms with Gasteiger partial charge >= 0.3 is 0 Å². The van der Waals surface area contributed by atoms with Crippen LogP contribution in [-0.4, -0.2) is 21.5 Å². The number of nitrogens with one attached hydrogen (secondary N) is 1. The number of nitrogens with two attached hydrogens (primary N) is 1. The van der Waals surface area contributed by atoms with E-state index in [1.807, 2.05) is 0 Å². The molecule has 0 saturated heterocycles. The minimum Gasteiger partial charge on any atom is -0.388 e. The molecule has 0 aromatic carbocycles. The Morgan fingerprint density at radius 3 is 2.82 bits per heavy atom. The van der Waals surface area contributed by atoms with E-state index in [0.29, 0.717) is 28.0 Å². The molecular formula is C12H18N4S. The zero-order valence-electron chi connectivity index (χ0n) is 10.2. The fourth-order valence-electron chi connectivity index (χ4n) is 1.95. The van der Waals surface area contributed by atoms with Gasteiger partial charge in [0.15, 0.2) is 0 Å². The van der Waals surface area contributed by atoms with Crippen molar-refractivity contribution >= 4 is 23.2 Å². The van der Waals surface area contributed by atoms with Gasteiger partial charge in [-0.2, -0.15) is 0 Å². The first-order chi connectivity index (χ1) is 8.03. The third-order valence-corrected chi connectivity index (χ3v) is 3.83. The van der Waals surface area contributed by atoms with E-state index in [4.69, 9.17) is 18.0 Å². The molecule has 4 nitrogen and oxygen atoms in total. The Labute approximate surface area is 107 Å². The predicted molar refractivity (Wildman–Crippen MR) is 72.9 cm³/mol. The minimum atomic E-state index is 0.306. The smallest absolute Gasteiger partial charge is 0.223 e. The molecule has 2 rings (SSSR count). The van der Waals surface area contributed by atoms with E-state index >= 15 is 0 Å². The summed E-state index contributed by atoms with van der Waals surface area (Å²) >= 11 is 4.89. The van der Waals surface area contributed by atoms with Crippen LogP contribution in [0.4, 0.5) is 5.95 Å². The number of hydrogen-bond donors (Lipinski definition) is 2. The van der Waals surface area contributed by atoms with Crippen molar-refractivity contribution in [2.75, 3.05) is 11.9 Å². The molecule has 0 spiro atoms. The van der Waals surface area contributed by atoms with Crippen LogP contribution in [0.3, 0.4) is 0 Å². The van der Waals surface area contributed by atoms with Crippen molar-refractivity contribution in [1.29, 1.82) is 0 Å². The summed E-state index contributed by atoms with van der Waals surface area (Å²) in [6, 6.07) is 1.73. The monoisotopic (exact) mass is 250 g/mol. The van der Waals surface area contributed by atoms with Crippen molar-refractivity contribution in [2.24, 2.45) is 17.1 Å². The molecule has 0 radical (unpaired) electrons. The molecule has 3 N–H and O–H groups in total. The number of hydrogen-bond acceptors (Lipinski definition) is 4. The number of rotatable bonds is 5. The Morgan fingerprint density at radius 2 is 2.29 bits per heavy atom. The molecule has 0 unspecified atom stereocenters. The van der Waals surface area contributed by atoms with Gasteiger partial charge in [0.2, 0.25) is 5.95 Å². The first-order valence-corrected chi connectivity index (χ1v) is 6.31. The summed E-state index contributed by atoms with van der Waals surface area (Å²) < 4.78 is 0. The summed E-state index contributed by atoms with van der Waals surface area (Å²) in [7, 11) is 0. The summed E-state index contributed by atoms with van der Waals surface area (Å²) in [6.07, 6.45) is 4.25. The van der Waals surface area contributed by atoms with Crippen LogP contribution in [0.5, 0.6) is 0 Å². The second kappa shape index (κ2) is 4.56. The maximum Gasteiger partial charge on any atom is 0.223 e. The summed E-state index contributed by atoms with van der Waals surface area (Å²) in [5, 5.41) is 3.29. The van der Waals surface area contributed by atoms with Crippen molar-refractivity contribution in [3.63, 3.8) is 0 Å². The highest BCUT2D eigenvalue weighted by Crippen LogP contribution is 2.51. The van der Waals surface area contributed by atoms with Crippen LogP contribution in [0, 0.1) is 11.3 Å². The first kappa shape index (κ1) is 12.2. The summed E-state index contributed by atoms with van der Waals surface area (Å²) in [4.78, 5) is 8.75. The molecule has 0 atom stereocenters. The van der Waals surface area contributed by atoms with Crippen molar-refractivity contribution < 1.29 is 0 Å². The molecule has 0 amide bonds. The van der Waals surface area contributed by atoms with E-state index in [-0.39, 0.29) is 0 Å². The average Bonchev–Trinajstić information content (AvgIpc) is 3.08. The molecule has 17 heavy (non-hydrogen) atoms. The van der Waals surface area contributed by atoms with Crippen LogP contribution in [0.25, 0.3) is 0 Å². The lowest BCUT2D eigenvalue weighted by Crippen LogP contribution is -2.22. The molecule has 1 fully saturated rings. The molecule has 1 aliphatic carbocycles. The lowest BCUT2D eigenvalue weighted by atomic mass is 9.92. The van der Waals surface area contributed by atoms with Gasteiger partial charge in [-0.3, -0.25) is 0 Å². The van der Waals surface area contributed by atoms with Gasteiger partial charge in [-0.25, -0.2) is 9.97 Å². The lowest BCUT2D eigenvalue weighted by molar-refractivity contribution is 0.379. The van der Waals surface area contributed by atoms with E-state index in [2.05, 4.69) is 29.1 Å². The van der Waals surface area contributed by atoms with E-state index in [0.717, 1.165) is 6.54 Å². The normalized spacial score (nSPS) is 16.9. The molecule has 0 bridgehead atoms. The van der Waals surface area contributed by atoms with Crippen LogP contribution >= 0.6 is 12.2 Å². The quantitative estimate of drug-likeness (QED) is 0.782. The zero-order valence-corrected chi connectivity index (χ0v) is 11.0. The van der Waals surface area contributed by atoms with Crippen LogP contribution in [0.2, 0.25) is 0 Å². The summed E-state index contributed by atoms with van der Waals surface area (Å²) in [6.45, 7) is 5.45. The SMILES string of the molecule is CC(C)C1(CNc2nccc(C(N)=S)n2)CC1. The van der Waals surface area contributed by atoms with Crippen LogP contribution in [0.1, 0.15) is 32.4 Å². The van der Waals surface area contributed by atoms with Crippen LogP contribution < -0.4 is 11.1 Å². The topological polar surface area (TPSA) is 63.8 Å². The Hall–Kier alpha value is -1.23. The number of nitrogens with zero attached hydrogens (tertiary/aromatic N) is 2. The second-order valence-corrected chi connectivity index (χ2v) is 5.44. The molecule has 0 aliphatic heterocycles. The average molecular weight is 250 g/mol. The number of anilines is 1. The number of thiocarbonyl (C=S) groups is 1. The molecular weight excluding hydrogens is 232 g/mol. The van der Waals surface area contributed by atoms with Gasteiger partial charge in [0.1, 0.15) is 10.7 Å². The first-order valence-electron chi connectivity index (χ1n) is 5.90. The third kappa shape index (κ3) is 2.72. The molecule has 1 aliphatic rings. The molecule has 1 aromatic heterocycles. The van der Waals surface area contributed by atoms with Gasteiger partial charge in [0.05, 0.1) is 0 Å².